The lowest BCUT2D eigenvalue weighted by Crippen LogP contribution is -2.23. The van der Waals surface area contributed by atoms with E-state index in [0.717, 1.165) is 28.6 Å². The first-order chi connectivity index (χ1) is 8.59. The smallest absolute Gasteiger partial charge is 0.110 e. The van der Waals surface area contributed by atoms with Crippen LogP contribution in [0.5, 0.6) is 0 Å². The standard InChI is InChI=1S/C14H18ClN3/c1-10(2)17-9-12-13(15)5-4-6-14(12)18-8-7-16-11(18)3/h4-8,10,17H,9H2,1-3H3. The molecule has 0 bridgehead atoms. The van der Waals surface area contributed by atoms with Crippen molar-refractivity contribution in [2.45, 2.75) is 33.4 Å². The summed E-state index contributed by atoms with van der Waals surface area (Å²) in [6, 6.07) is 6.39. The molecule has 1 N–H and O–H groups in total. The predicted molar refractivity (Wildman–Crippen MR) is 75.3 cm³/mol. The van der Waals surface area contributed by atoms with Crippen LogP contribution in [-0.4, -0.2) is 15.6 Å². The zero-order valence-corrected chi connectivity index (χ0v) is 11.7. The minimum absolute atomic E-state index is 0.429. The van der Waals surface area contributed by atoms with Gasteiger partial charge < -0.3 is 9.88 Å². The first-order valence-electron chi connectivity index (χ1n) is 6.10. The molecule has 0 saturated carbocycles. The van der Waals surface area contributed by atoms with Crippen molar-refractivity contribution in [1.29, 1.82) is 0 Å². The van der Waals surface area contributed by atoms with Crippen molar-refractivity contribution >= 4 is 11.6 Å². The summed E-state index contributed by atoms with van der Waals surface area (Å²) in [5.41, 5.74) is 2.19. The minimum atomic E-state index is 0.429. The Balaban J connectivity index is 2.41. The Kier molecular flexibility index (Phi) is 4.04. The Bertz CT molecular complexity index is 532. The molecule has 4 heteroatoms. The number of imidazole rings is 1. The average molecular weight is 264 g/mol. The van der Waals surface area contributed by atoms with Gasteiger partial charge in [0, 0.05) is 35.6 Å². The fourth-order valence-corrected chi connectivity index (χ4v) is 2.12. The van der Waals surface area contributed by atoms with Gasteiger partial charge >= 0.3 is 0 Å². The molecule has 18 heavy (non-hydrogen) atoms. The molecule has 3 nitrogen and oxygen atoms in total. The minimum Gasteiger partial charge on any atom is -0.310 e. The van der Waals surface area contributed by atoms with Crippen LogP contribution in [0.1, 0.15) is 25.2 Å². The van der Waals surface area contributed by atoms with Gasteiger partial charge in [-0.1, -0.05) is 31.5 Å². The molecule has 0 saturated heterocycles. The molecule has 1 aromatic carbocycles. The van der Waals surface area contributed by atoms with E-state index in [1.165, 1.54) is 0 Å². The van der Waals surface area contributed by atoms with Crippen LogP contribution in [0.15, 0.2) is 30.6 Å². The van der Waals surface area contributed by atoms with Crippen molar-refractivity contribution in [3.8, 4) is 5.69 Å². The highest BCUT2D eigenvalue weighted by atomic mass is 35.5. The van der Waals surface area contributed by atoms with Gasteiger partial charge in [-0.05, 0) is 19.1 Å². The number of nitrogens with zero attached hydrogens (tertiary/aromatic N) is 2. The van der Waals surface area contributed by atoms with Crippen molar-refractivity contribution in [2.24, 2.45) is 0 Å². The lowest BCUT2D eigenvalue weighted by Gasteiger charge is -2.15. The largest absolute Gasteiger partial charge is 0.310 e. The van der Waals surface area contributed by atoms with Crippen molar-refractivity contribution in [3.63, 3.8) is 0 Å². The molecule has 2 aromatic rings. The summed E-state index contributed by atoms with van der Waals surface area (Å²) in [5, 5.41) is 4.19. The van der Waals surface area contributed by atoms with Crippen LogP contribution in [0.3, 0.4) is 0 Å². The third-order valence-electron chi connectivity index (χ3n) is 2.87. The molecular weight excluding hydrogens is 246 g/mol. The SMILES string of the molecule is Cc1nccn1-c1cccc(Cl)c1CNC(C)C. The van der Waals surface area contributed by atoms with E-state index in [1.807, 2.05) is 25.3 Å². The van der Waals surface area contributed by atoms with E-state index >= 15 is 0 Å². The zero-order chi connectivity index (χ0) is 13.1. The highest BCUT2D eigenvalue weighted by Gasteiger charge is 2.10. The maximum absolute atomic E-state index is 6.31. The Hall–Kier alpha value is -1.32. The van der Waals surface area contributed by atoms with Crippen molar-refractivity contribution in [3.05, 3.63) is 47.0 Å². The quantitative estimate of drug-likeness (QED) is 0.917. The van der Waals surface area contributed by atoms with Crippen LogP contribution >= 0.6 is 11.6 Å². The molecule has 0 unspecified atom stereocenters. The molecule has 0 spiro atoms. The molecule has 0 aliphatic carbocycles. The van der Waals surface area contributed by atoms with Gasteiger partial charge in [-0.25, -0.2) is 4.98 Å². The second kappa shape index (κ2) is 5.55. The first kappa shape index (κ1) is 13.1. The van der Waals surface area contributed by atoms with Crippen LogP contribution in [0.25, 0.3) is 5.69 Å². The van der Waals surface area contributed by atoms with E-state index in [-0.39, 0.29) is 0 Å². The van der Waals surface area contributed by atoms with E-state index in [2.05, 4.69) is 34.8 Å². The number of benzene rings is 1. The summed E-state index contributed by atoms with van der Waals surface area (Å²) in [7, 11) is 0. The summed E-state index contributed by atoms with van der Waals surface area (Å²) in [6.45, 7) is 6.99. The summed E-state index contributed by atoms with van der Waals surface area (Å²) >= 11 is 6.31. The fourth-order valence-electron chi connectivity index (χ4n) is 1.89. The van der Waals surface area contributed by atoms with Gasteiger partial charge in [0.1, 0.15) is 5.82 Å². The number of hydrogen-bond donors (Lipinski definition) is 1. The van der Waals surface area contributed by atoms with E-state index in [1.54, 1.807) is 6.20 Å². The lowest BCUT2D eigenvalue weighted by atomic mass is 10.1. The third kappa shape index (κ3) is 2.74. The lowest BCUT2D eigenvalue weighted by molar-refractivity contribution is 0.587. The first-order valence-corrected chi connectivity index (χ1v) is 6.48. The van der Waals surface area contributed by atoms with E-state index < -0.39 is 0 Å². The molecule has 0 radical (unpaired) electrons. The third-order valence-corrected chi connectivity index (χ3v) is 3.22. The fraction of sp³-hybridized carbons (Fsp3) is 0.357. The molecular formula is C14H18ClN3. The number of nitrogens with one attached hydrogen (secondary N) is 1. The molecule has 0 aliphatic heterocycles. The summed E-state index contributed by atoms with van der Waals surface area (Å²) < 4.78 is 2.06. The van der Waals surface area contributed by atoms with Gasteiger partial charge in [0.05, 0.1) is 5.69 Å². The summed E-state index contributed by atoms with van der Waals surface area (Å²) in [4.78, 5) is 4.26. The van der Waals surface area contributed by atoms with Crippen LogP contribution in [0.2, 0.25) is 5.02 Å². The van der Waals surface area contributed by atoms with Crippen LogP contribution < -0.4 is 5.32 Å². The highest BCUT2D eigenvalue weighted by molar-refractivity contribution is 6.31. The Labute approximate surface area is 113 Å². The number of halogens is 1. The van der Waals surface area contributed by atoms with Gasteiger partial charge in [-0.3, -0.25) is 0 Å². The number of rotatable bonds is 4. The number of aryl methyl sites for hydroxylation is 1. The van der Waals surface area contributed by atoms with Gasteiger partial charge in [0.2, 0.25) is 0 Å². The van der Waals surface area contributed by atoms with Crippen LogP contribution in [0, 0.1) is 6.92 Å². The van der Waals surface area contributed by atoms with E-state index in [0.29, 0.717) is 6.04 Å². The Morgan fingerprint density at radius 3 is 2.78 bits per heavy atom. The normalized spacial score (nSPS) is 11.2. The second-order valence-electron chi connectivity index (χ2n) is 4.62. The highest BCUT2D eigenvalue weighted by Crippen LogP contribution is 2.24. The summed E-state index contributed by atoms with van der Waals surface area (Å²) in [5.74, 6) is 0.961. The number of aromatic nitrogens is 2. The average Bonchev–Trinajstić information content (AvgIpc) is 2.73. The van der Waals surface area contributed by atoms with Crippen molar-refractivity contribution in [2.75, 3.05) is 0 Å². The maximum Gasteiger partial charge on any atom is 0.110 e. The zero-order valence-electron chi connectivity index (χ0n) is 10.9. The van der Waals surface area contributed by atoms with E-state index in [4.69, 9.17) is 11.6 Å². The van der Waals surface area contributed by atoms with Crippen molar-refractivity contribution in [1.82, 2.24) is 14.9 Å². The molecule has 96 valence electrons. The molecule has 1 heterocycles. The second-order valence-corrected chi connectivity index (χ2v) is 5.02. The van der Waals surface area contributed by atoms with E-state index in [9.17, 15) is 0 Å². The summed E-state index contributed by atoms with van der Waals surface area (Å²) in [6.07, 6.45) is 3.76. The molecule has 0 aliphatic rings. The van der Waals surface area contributed by atoms with Crippen LogP contribution in [0.4, 0.5) is 0 Å². The van der Waals surface area contributed by atoms with Gasteiger partial charge in [0.25, 0.3) is 0 Å². The monoisotopic (exact) mass is 263 g/mol. The van der Waals surface area contributed by atoms with Crippen LogP contribution in [-0.2, 0) is 6.54 Å². The molecule has 1 aromatic heterocycles. The van der Waals surface area contributed by atoms with Gasteiger partial charge in [-0.15, -0.1) is 0 Å². The predicted octanol–water partition coefficient (Wildman–Crippen LogP) is 3.33. The maximum atomic E-state index is 6.31. The molecule has 2 rings (SSSR count). The molecule has 0 amide bonds. The van der Waals surface area contributed by atoms with Crippen molar-refractivity contribution < 1.29 is 0 Å². The molecule has 0 atom stereocenters. The Morgan fingerprint density at radius 1 is 1.39 bits per heavy atom. The topological polar surface area (TPSA) is 29.9 Å². The van der Waals surface area contributed by atoms with Gasteiger partial charge in [0.15, 0.2) is 0 Å². The molecule has 0 fully saturated rings. The Morgan fingerprint density at radius 2 is 2.17 bits per heavy atom. The van der Waals surface area contributed by atoms with Gasteiger partial charge in [-0.2, -0.15) is 0 Å². The number of hydrogen-bond acceptors (Lipinski definition) is 2.